The van der Waals surface area contributed by atoms with Crippen molar-refractivity contribution in [3.8, 4) is 0 Å². The van der Waals surface area contributed by atoms with Gasteiger partial charge in [0.1, 0.15) is 15.0 Å². The molecule has 0 aromatic heterocycles. The van der Waals surface area contributed by atoms with Gasteiger partial charge in [0.2, 0.25) is 0 Å². The minimum Gasteiger partial charge on any atom is -0.469 e. The van der Waals surface area contributed by atoms with Crippen LogP contribution in [0, 0.1) is 40.4 Å². The Morgan fingerprint density at radius 2 is 1.90 bits per heavy atom. The first kappa shape index (κ1) is 23.2. The molecule has 0 radical (unpaired) electrons. The molecule has 0 aromatic carbocycles. The van der Waals surface area contributed by atoms with Crippen molar-refractivity contribution in [2.24, 2.45) is 40.4 Å². The minimum absolute atomic E-state index is 0.0649. The molecule has 0 aromatic rings. The first-order valence-corrected chi connectivity index (χ1v) is 15.0. The third-order valence-electron chi connectivity index (χ3n) is 9.80. The second-order valence-corrected chi connectivity index (χ2v) is 12.1. The molecular weight excluding hydrogens is 514 g/mol. The molecule has 8 atom stereocenters. The van der Waals surface area contributed by atoms with Crippen LogP contribution in [0.15, 0.2) is 11.8 Å². The third kappa shape index (κ3) is 3.84. The third-order valence-corrected chi connectivity index (χ3v) is 10.6. The quantitative estimate of drug-likeness (QED) is 0.196. The van der Waals surface area contributed by atoms with Crippen LogP contribution in [0.25, 0.3) is 0 Å². The molecule has 0 amide bonds. The Labute approximate surface area is 197 Å². The zero-order chi connectivity index (χ0) is 21.5. The van der Waals surface area contributed by atoms with Crippen molar-refractivity contribution >= 4 is 36.4 Å². The van der Waals surface area contributed by atoms with Crippen LogP contribution in [-0.2, 0) is 13.7 Å². The molecule has 0 N–H and O–H groups in total. The summed E-state index contributed by atoms with van der Waals surface area (Å²) in [4.78, 5) is 11.5. The van der Waals surface area contributed by atoms with Crippen LogP contribution >= 0.6 is 30.4 Å². The average Bonchev–Trinajstić information content (AvgIpc) is 3.06. The number of carbonyl (C=O) groups is 1. The van der Waals surface area contributed by atoms with E-state index in [0.717, 1.165) is 43.4 Å². The molecular formula is C24H36FIO3S. The minimum atomic E-state index is -0.949. The Bertz CT molecular complexity index is 687. The second kappa shape index (κ2) is 9.11. The Morgan fingerprint density at radius 1 is 1.17 bits per heavy atom. The zero-order valence-corrected chi connectivity index (χ0v) is 21.5. The smallest absolute Gasteiger partial charge is 0.305 e. The highest BCUT2D eigenvalue weighted by molar-refractivity contribution is 14.2. The first-order valence-electron chi connectivity index (χ1n) is 11.7. The van der Waals surface area contributed by atoms with Gasteiger partial charge in [0.15, 0.2) is 6.17 Å². The number of esters is 1. The van der Waals surface area contributed by atoms with Crippen LogP contribution in [-0.4, -0.2) is 19.3 Å². The van der Waals surface area contributed by atoms with Gasteiger partial charge in [-0.2, -0.15) is 0 Å². The van der Waals surface area contributed by atoms with Gasteiger partial charge < -0.3 is 8.92 Å². The number of rotatable bonds is 6. The standard InChI is InChI=1S/C24H36FIO3S/c1-23-13-11-18-16(17(23)9-7-15(23)5-4-6-21(27)28-3)8-10-19-22(25)20(29-30-26)12-14-24(18,19)2/h12,15-19,22H,4-11,13-14H2,1-3H3. The van der Waals surface area contributed by atoms with Crippen molar-refractivity contribution < 1.29 is 18.1 Å². The van der Waals surface area contributed by atoms with Gasteiger partial charge in [-0.3, -0.25) is 4.79 Å². The average molecular weight is 551 g/mol. The monoisotopic (exact) mass is 550 g/mol. The van der Waals surface area contributed by atoms with E-state index in [1.807, 2.05) is 6.08 Å². The van der Waals surface area contributed by atoms with Crippen LogP contribution in [0.5, 0.6) is 0 Å². The van der Waals surface area contributed by atoms with E-state index in [1.54, 1.807) is 0 Å². The van der Waals surface area contributed by atoms with Gasteiger partial charge in [-0.15, -0.1) is 0 Å². The summed E-state index contributed by atoms with van der Waals surface area (Å²) in [6.45, 7) is 4.90. The lowest BCUT2D eigenvalue weighted by molar-refractivity contribution is -0.141. The van der Waals surface area contributed by atoms with Gasteiger partial charge in [0.05, 0.1) is 7.11 Å². The summed E-state index contributed by atoms with van der Waals surface area (Å²) in [5, 5.41) is 0. The normalized spacial score (nSPS) is 45.0. The molecule has 30 heavy (non-hydrogen) atoms. The molecule has 0 bridgehead atoms. The number of carbonyl (C=O) groups excluding carboxylic acids is 1. The Hall–Kier alpha value is 0.0200. The lowest BCUT2D eigenvalue weighted by Gasteiger charge is -2.60. The van der Waals surface area contributed by atoms with E-state index in [4.69, 9.17) is 8.92 Å². The summed E-state index contributed by atoms with van der Waals surface area (Å²) in [5.41, 5.74) is 0.460. The molecule has 4 aliphatic carbocycles. The summed E-state index contributed by atoms with van der Waals surface area (Å²) in [6, 6.07) is 0. The largest absolute Gasteiger partial charge is 0.469 e. The van der Waals surface area contributed by atoms with Crippen LogP contribution in [0.2, 0.25) is 0 Å². The number of hydrogen-bond donors (Lipinski definition) is 0. The summed E-state index contributed by atoms with van der Waals surface area (Å²) in [5.74, 6) is 3.43. The molecule has 3 saturated carbocycles. The number of hydrogen-bond acceptors (Lipinski definition) is 4. The lowest BCUT2D eigenvalue weighted by Crippen LogP contribution is -2.54. The summed E-state index contributed by atoms with van der Waals surface area (Å²) < 4.78 is 25.7. The van der Waals surface area contributed by atoms with E-state index in [9.17, 15) is 4.79 Å². The molecule has 170 valence electrons. The molecule has 0 saturated heterocycles. The SMILES string of the molecule is COC(=O)CCCC1CCC2C3CCC4C(F)C(OSI)=CCC4(C)C3CCC12C. The van der Waals surface area contributed by atoms with Gasteiger partial charge in [0.25, 0.3) is 0 Å². The number of halogens is 2. The van der Waals surface area contributed by atoms with E-state index < -0.39 is 6.17 Å². The van der Waals surface area contributed by atoms with Gasteiger partial charge >= 0.3 is 5.97 Å². The van der Waals surface area contributed by atoms with Crippen LogP contribution < -0.4 is 0 Å². The predicted molar refractivity (Wildman–Crippen MR) is 128 cm³/mol. The number of alkyl halides is 1. The molecule has 3 nitrogen and oxygen atoms in total. The Balaban J connectivity index is 1.47. The number of methoxy groups -OCH3 is 1. The van der Waals surface area contributed by atoms with Crippen LogP contribution in [0.4, 0.5) is 4.39 Å². The molecule has 3 fully saturated rings. The molecule has 4 aliphatic rings. The van der Waals surface area contributed by atoms with E-state index >= 15 is 4.39 Å². The van der Waals surface area contributed by atoms with Gasteiger partial charge in [-0.25, -0.2) is 4.39 Å². The van der Waals surface area contributed by atoms with Crippen molar-refractivity contribution in [2.45, 2.75) is 84.2 Å². The van der Waals surface area contributed by atoms with E-state index in [2.05, 4.69) is 35.1 Å². The van der Waals surface area contributed by atoms with Gasteiger partial charge in [0, 0.05) is 33.5 Å². The highest BCUT2D eigenvalue weighted by Gasteiger charge is 2.61. The van der Waals surface area contributed by atoms with Gasteiger partial charge in [-0.05, 0) is 98.4 Å². The maximum absolute atomic E-state index is 15.4. The van der Waals surface area contributed by atoms with E-state index in [1.165, 1.54) is 48.4 Å². The van der Waals surface area contributed by atoms with Crippen molar-refractivity contribution in [2.75, 3.05) is 7.11 Å². The second-order valence-electron chi connectivity index (χ2n) is 10.7. The maximum Gasteiger partial charge on any atom is 0.305 e. The predicted octanol–water partition coefficient (Wildman–Crippen LogP) is 7.45. The summed E-state index contributed by atoms with van der Waals surface area (Å²) in [7, 11) is 2.71. The van der Waals surface area contributed by atoms with Crippen molar-refractivity contribution in [3.05, 3.63) is 11.8 Å². The fourth-order valence-electron chi connectivity index (χ4n) is 8.19. The van der Waals surface area contributed by atoms with E-state index in [-0.39, 0.29) is 17.3 Å². The molecule has 6 heteroatoms. The molecule has 0 spiro atoms. The van der Waals surface area contributed by atoms with Crippen molar-refractivity contribution in [1.82, 2.24) is 0 Å². The Kier molecular flexibility index (Phi) is 7.04. The van der Waals surface area contributed by atoms with Gasteiger partial charge in [-0.1, -0.05) is 13.8 Å². The van der Waals surface area contributed by atoms with Crippen molar-refractivity contribution in [3.63, 3.8) is 0 Å². The number of ether oxygens (including phenoxy) is 1. The Morgan fingerprint density at radius 3 is 2.63 bits per heavy atom. The summed E-state index contributed by atoms with van der Waals surface area (Å²) >= 11 is 2.08. The fourth-order valence-corrected chi connectivity index (χ4v) is 9.05. The van der Waals surface area contributed by atoms with Crippen LogP contribution in [0.1, 0.15) is 78.1 Å². The van der Waals surface area contributed by atoms with E-state index in [0.29, 0.717) is 23.5 Å². The number of fused-ring (bicyclic) bond motifs is 5. The lowest BCUT2D eigenvalue weighted by atomic mass is 9.45. The number of allylic oxidation sites excluding steroid dienone is 2. The maximum atomic E-state index is 15.4. The first-order chi connectivity index (χ1) is 14.3. The molecule has 0 aliphatic heterocycles. The molecule has 0 heterocycles. The molecule has 4 rings (SSSR count). The fraction of sp³-hybridized carbons (Fsp3) is 0.875. The topological polar surface area (TPSA) is 35.5 Å². The van der Waals surface area contributed by atoms with Crippen molar-refractivity contribution in [1.29, 1.82) is 0 Å². The van der Waals surface area contributed by atoms with Crippen LogP contribution in [0.3, 0.4) is 0 Å². The highest BCUT2D eigenvalue weighted by atomic mass is 127. The zero-order valence-electron chi connectivity index (χ0n) is 18.5. The molecule has 8 unspecified atom stereocenters. The highest BCUT2D eigenvalue weighted by Crippen LogP contribution is 2.68. The summed E-state index contributed by atoms with van der Waals surface area (Å²) in [6.07, 6.45) is 12.0.